The standard InChI is InChI=1S/C30H30/c1-8-18-13-19-14-20(29(2,3)4)16-25-22-11-9-10-12-23(22)26-17-21(30(5,6)7)15-24(18)28(26)27(19)25/h1,9-17,27-28H,2-7H3/t27-,28-/m0/s1. The third-order valence-corrected chi connectivity index (χ3v) is 7.01. The normalized spacial score (nSPS) is 24.5. The molecule has 4 aliphatic rings. The van der Waals surface area contributed by atoms with E-state index in [0.717, 1.165) is 5.57 Å². The van der Waals surface area contributed by atoms with Crippen LogP contribution in [0.1, 0.15) is 52.7 Å². The van der Waals surface area contributed by atoms with Crippen molar-refractivity contribution in [2.75, 3.05) is 0 Å². The van der Waals surface area contributed by atoms with Gasteiger partial charge in [0.15, 0.2) is 0 Å². The van der Waals surface area contributed by atoms with Crippen molar-refractivity contribution in [2.24, 2.45) is 22.7 Å². The summed E-state index contributed by atoms with van der Waals surface area (Å²) in [4.78, 5) is 0. The Labute approximate surface area is 181 Å². The van der Waals surface area contributed by atoms with Crippen molar-refractivity contribution in [1.82, 2.24) is 0 Å². The second-order valence-corrected chi connectivity index (χ2v) is 11.1. The van der Waals surface area contributed by atoms with Crippen molar-refractivity contribution in [3.05, 3.63) is 93.6 Å². The van der Waals surface area contributed by atoms with Crippen LogP contribution in [-0.4, -0.2) is 0 Å². The van der Waals surface area contributed by atoms with Crippen molar-refractivity contribution in [3.63, 3.8) is 0 Å². The van der Waals surface area contributed by atoms with E-state index in [9.17, 15) is 0 Å². The number of fused-ring (bicyclic) bond motifs is 3. The van der Waals surface area contributed by atoms with E-state index in [1.165, 1.54) is 44.6 Å². The van der Waals surface area contributed by atoms with E-state index in [2.05, 4.69) is 102 Å². The largest absolute Gasteiger partial charge is 0.115 e. The highest BCUT2D eigenvalue weighted by atomic mass is 14.5. The zero-order chi connectivity index (χ0) is 21.4. The average Bonchev–Trinajstić information content (AvgIpc) is 2.70. The van der Waals surface area contributed by atoms with Crippen LogP contribution in [0.4, 0.5) is 0 Å². The summed E-state index contributed by atoms with van der Waals surface area (Å²) in [7, 11) is 0. The van der Waals surface area contributed by atoms with Crippen LogP contribution in [0.3, 0.4) is 0 Å². The fourth-order valence-corrected chi connectivity index (χ4v) is 5.30. The first-order chi connectivity index (χ1) is 14.1. The van der Waals surface area contributed by atoms with Gasteiger partial charge in [0.2, 0.25) is 0 Å². The van der Waals surface area contributed by atoms with E-state index < -0.39 is 0 Å². The summed E-state index contributed by atoms with van der Waals surface area (Å²) in [6, 6.07) is 8.94. The molecule has 0 nitrogen and oxygen atoms in total. The molecule has 5 rings (SSSR count). The molecule has 1 aromatic rings. The summed E-state index contributed by atoms with van der Waals surface area (Å²) in [6.07, 6.45) is 18.0. The minimum Gasteiger partial charge on any atom is -0.115 e. The number of benzene rings is 1. The van der Waals surface area contributed by atoms with Gasteiger partial charge in [-0.1, -0.05) is 96.0 Å². The molecule has 0 heteroatoms. The molecule has 0 aromatic heterocycles. The third kappa shape index (κ3) is 2.69. The number of terminal acetylenes is 1. The Morgan fingerprint density at radius 2 is 1.23 bits per heavy atom. The monoisotopic (exact) mass is 390 g/mol. The van der Waals surface area contributed by atoms with Crippen LogP contribution in [0.2, 0.25) is 0 Å². The van der Waals surface area contributed by atoms with Gasteiger partial charge >= 0.3 is 0 Å². The lowest BCUT2D eigenvalue weighted by Gasteiger charge is -2.46. The van der Waals surface area contributed by atoms with E-state index in [-0.39, 0.29) is 10.8 Å². The molecule has 30 heavy (non-hydrogen) atoms. The molecule has 0 fully saturated rings. The lowest BCUT2D eigenvalue weighted by atomic mass is 9.57. The van der Waals surface area contributed by atoms with Crippen LogP contribution in [-0.2, 0) is 0 Å². The second kappa shape index (κ2) is 6.12. The molecule has 0 saturated heterocycles. The van der Waals surface area contributed by atoms with Crippen molar-refractivity contribution < 1.29 is 0 Å². The van der Waals surface area contributed by atoms with E-state index in [1.807, 2.05) is 0 Å². The van der Waals surface area contributed by atoms with Gasteiger partial charge in [0.1, 0.15) is 0 Å². The smallest absolute Gasteiger partial charge is 0.0284 e. The van der Waals surface area contributed by atoms with E-state index >= 15 is 0 Å². The molecular weight excluding hydrogens is 360 g/mol. The maximum Gasteiger partial charge on any atom is 0.0284 e. The molecule has 4 aliphatic carbocycles. The van der Waals surface area contributed by atoms with Crippen LogP contribution in [0.25, 0.3) is 11.1 Å². The average molecular weight is 391 g/mol. The minimum atomic E-state index is 0.0750. The Kier molecular flexibility index (Phi) is 3.91. The van der Waals surface area contributed by atoms with Crippen LogP contribution < -0.4 is 0 Å². The highest BCUT2D eigenvalue weighted by molar-refractivity contribution is 5.95. The third-order valence-electron chi connectivity index (χ3n) is 7.01. The summed E-state index contributed by atoms with van der Waals surface area (Å²) < 4.78 is 0. The summed E-state index contributed by atoms with van der Waals surface area (Å²) >= 11 is 0. The number of hydrogen-bond acceptors (Lipinski definition) is 0. The van der Waals surface area contributed by atoms with Crippen LogP contribution in [0.15, 0.2) is 82.5 Å². The molecule has 0 aliphatic heterocycles. The molecule has 150 valence electrons. The van der Waals surface area contributed by atoms with E-state index in [0.29, 0.717) is 11.8 Å². The Hall–Kier alpha value is -2.78. The summed E-state index contributed by atoms with van der Waals surface area (Å²) in [5.74, 6) is 3.68. The molecule has 1 aromatic carbocycles. The van der Waals surface area contributed by atoms with Crippen LogP contribution in [0, 0.1) is 35.0 Å². The topological polar surface area (TPSA) is 0 Å². The maximum absolute atomic E-state index is 6.06. The summed E-state index contributed by atoms with van der Waals surface area (Å²) in [5.41, 5.74) is 12.3. The first-order valence-corrected chi connectivity index (χ1v) is 11.0. The minimum absolute atomic E-state index is 0.0750. The van der Waals surface area contributed by atoms with Gasteiger partial charge < -0.3 is 0 Å². The molecule has 0 N–H and O–H groups in total. The summed E-state index contributed by atoms with van der Waals surface area (Å²) in [6.45, 7) is 13.7. The Morgan fingerprint density at radius 1 is 0.700 bits per heavy atom. The van der Waals surface area contributed by atoms with Gasteiger partial charge in [-0.05, 0) is 61.5 Å². The lowest BCUT2D eigenvalue weighted by Crippen LogP contribution is -2.33. The maximum atomic E-state index is 6.06. The molecule has 0 amide bonds. The number of hydrogen-bond donors (Lipinski definition) is 0. The fraction of sp³-hybridized carbons (Fsp3) is 0.333. The molecule has 0 radical (unpaired) electrons. The van der Waals surface area contributed by atoms with E-state index in [4.69, 9.17) is 6.42 Å². The van der Waals surface area contributed by atoms with Gasteiger partial charge in [-0.2, -0.15) is 0 Å². The first-order valence-electron chi connectivity index (χ1n) is 11.0. The van der Waals surface area contributed by atoms with Gasteiger partial charge in [0.05, 0.1) is 0 Å². The number of rotatable bonds is 0. The zero-order valence-corrected chi connectivity index (χ0v) is 18.9. The highest BCUT2D eigenvalue weighted by Crippen LogP contribution is 2.59. The van der Waals surface area contributed by atoms with Gasteiger partial charge in [-0.15, -0.1) is 6.42 Å². The Balaban J connectivity index is 1.88. The van der Waals surface area contributed by atoms with Gasteiger partial charge in [0, 0.05) is 17.4 Å². The highest BCUT2D eigenvalue weighted by Gasteiger charge is 2.45. The van der Waals surface area contributed by atoms with Gasteiger partial charge in [-0.25, -0.2) is 0 Å². The lowest BCUT2D eigenvalue weighted by molar-refractivity contribution is 0.503. The Bertz CT molecular complexity index is 1190. The first kappa shape index (κ1) is 19.2. The molecule has 0 unspecified atom stereocenters. The SMILES string of the molecule is C#CC1=C2C=C(C(C)(C)C)C=C3c4ccccc4C4=CC(C(C)(C)C)=CC(=C1)[C@@H]4[C@H]32. The van der Waals surface area contributed by atoms with Crippen molar-refractivity contribution in [3.8, 4) is 12.3 Å². The van der Waals surface area contributed by atoms with Crippen molar-refractivity contribution in [1.29, 1.82) is 0 Å². The molecule has 0 saturated carbocycles. The molecule has 0 spiro atoms. The Morgan fingerprint density at radius 3 is 1.77 bits per heavy atom. The molecule has 0 heterocycles. The molecular formula is C30H30. The number of allylic oxidation sites excluding steroid dienone is 12. The van der Waals surface area contributed by atoms with E-state index in [1.54, 1.807) is 0 Å². The van der Waals surface area contributed by atoms with Gasteiger partial charge in [-0.3, -0.25) is 0 Å². The molecule has 0 bridgehead atoms. The zero-order valence-electron chi connectivity index (χ0n) is 18.9. The quantitative estimate of drug-likeness (QED) is 0.401. The van der Waals surface area contributed by atoms with Crippen molar-refractivity contribution >= 4 is 11.1 Å². The predicted octanol–water partition coefficient (Wildman–Crippen LogP) is 7.54. The van der Waals surface area contributed by atoms with Crippen LogP contribution >= 0.6 is 0 Å². The fourth-order valence-electron chi connectivity index (χ4n) is 5.30. The predicted molar refractivity (Wildman–Crippen MR) is 128 cm³/mol. The summed E-state index contributed by atoms with van der Waals surface area (Å²) in [5, 5.41) is 0. The van der Waals surface area contributed by atoms with Crippen LogP contribution in [0.5, 0.6) is 0 Å². The van der Waals surface area contributed by atoms with Gasteiger partial charge in [0.25, 0.3) is 0 Å². The van der Waals surface area contributed by atoms with Crippen molar-refractivity contribution in [2.45, 2.75) is 41.5 Å². The second-order valence-electron chi connectivity index (χ2n) is 11.1. The molecule has 2 atom stereocenters.